The second-order valence-electron chi connectivity index (χ2n) is 5.03. The van der Waals surface area contributed by atoms with Crippen molar-refractivity contribution >= 4 is 28.5 Å². The minimum absolute atomic E-state index is 0.0230. The van der Waals surface area contributed by atoms with Crippen molar-refractivity contribution in [2.75, 3.05) is 13.2 Å². The van der Waals surface area contributed by atoms with Crippen LogP contribution in [0.15, 0.2) is 63.8 Å². The molecular weight excluding hydrogens is 330 g/mol. The number of hydrogen-bond donors (Lipinski definition) is 1. The van der Waals surface area contributed by atoms with Crippen molar-refractivity contribution in [1.29, 1.82) is 0 Å². The number of carbonyl (C=O) groups excluding carboxylic acids is 1. The summed E-state index contributed by atoms with van der Waals surface area (Å²) in [6, 6.07) is 14.9. The van der Waals surface area contributed by atoms with Gasteiger partial charge in [-0.1, -0.05) is 23.7 Å². The molecular formula is C18H14ClNO4. The molecule has 5 nitrogen and oxygen atoms in total. The van der Waals surface area contributed by atoms with Crippen molar-refractivity contribution in [3.05, 3.63) is 75.6 Å². The van der Waals surface area contributed by atoms with Gasteiger partial charge >= 0.3 is 0 Å². The SMILES string of the molecule is O=C(NCCOc1ccc(Cl)cc1)c1cc(=O)c2ccccc2o1. The van der Waals surface area contributed by atoms with Crippen LogP contribution in [0.1, 0.15) is 10.6 Å². The number of ether oxygens (including phenoxy) is 1. The van der Waals surface area contributed by atoms with E-state index >= 15 is 0 Å². The van der Waals surface area contributed by atoms with Crippen LogP contribution < -0.4 is 15.5 Å². The molecule has 0 aliphatic heterocycles. The Morgan fingerprint density at radius 1 is 1.12 bits per heavy atom. The molecule has 0 fully saturated rings. The largest absolute Gasteiger partial charge is 0.492 e. The molecule has 0 saturated heterocycles. The lowest BCUT2D eigenvalue weighted by atomic mass is 10.2. The van der Waals surface area contributed by atoms with Gasteiger partial charge in [0.05, 0.1) is 11.9 Å². The van der Waals surface area contributed by atoms with Crippen molar-refractivity contribution in [2.45, 2.75) is 0 Å². The summed E-state index contributed by atoms with van der Waals surface area (Å²) < 4.78 is 10.9. The zero-order valence-corrected chi connectivity index (χ0v) is 13.4. The minimum atomic E-state index is -0.461. The van der Waals surface area contributed by atoms with Gasteiger partial charge in [0.2, 0.25) is 0 Å². The molecule has 6 heteroatoms. The quantitative estimate of drug-likeness (QED) is 0.722. The van der Waals surface area contributed by atoms with Gasteiger partial charge in [-0.25, -0.2) is 0 Å². The molecule has 24 heavy (non-hydrogen) atoms. The topological polar surface area (TPSA) is 68.5 Å². The lowest BCUT2D eigenvalue weighted by Crippen LogP contribution is -2.28. The van der Waals surface area contributed by atoms with Crippen molar-refractivity contribution in [3.63, 3.8) is 0 Å². The lowest BCUT2D eigenvalue weighted by Gasteiger charge is -2.08. The number of halogens is 1. The summed E-state index contributed by atoms with van der Waals surface area (Å²) in [5, 5.41) is 3.72. The zero-order chi connectivity index (χ0) is 16.9. The molecule has 0 aliphatic carbocycles. The molecule has 0 spiro atoms. The highest BCUT2D eigenvalue weighted by Gasteiger charge is 2.11. The number of fused-ring (bicyclic) bond motifs is 1. The minimum Gasteiger partial charge on any atom is -0.492 e. The van der Waals surface area contributed by atoms with E-state index in [2.05, 4.69) is 5.32 Å². The molecule has 0 aliphatic rings. The van der Waals surface area contributed by atoms with E-state index in [0.717, 1.165) is 0 Å². The van der Waals surface area contributed by atoms with Gasteiger partial charge in [0.1, 0.15) is 17.9 Å². The standard InChI is InChI=1S/C18H14ClNO4/c19-12-5-7-13(8-6-12)23-10-9-20-18(22)17-11-15(21)14-3-1-2-4-16(14)24-17/h1-8,11H,9-10H2,(H,20,22). The van der Waals surface area contributed by atoms with Crippen molar-refractivity contribution in [1.82, 2.24) is 5.32 Å². The second-order valence-corrected chi connectivity index (χ2v) is 5.47. The van der Waals surface area contributed by atoms with Gasteiger partial charge in [-0.15, -0.1) is 0 Å². The summed E-state index contributed by atoms with van der Waals surface area (Å²) in [6.45, 7) is 0.559. The van der Waals surface area contributed by atoms with E-state index in [0.29, 0.717) is 21.7 Å². The van der Waals surface area contributed by atoms with Gasteiger partial charge in [0.15, 0.2) is 11.2 Å². The van der Waals surface area contributed by atoms with E-state index in [1.165, 1.54) is 6.07 Å². The van der Waals surface area contributed by atoms with Crippen LogP contribution in [0.3, 0.4) is 0 Å². The number of rotatable bonds is 5. The van der Waals surface area contributed by atoms with E-state index in [1.54, 1.807) is 48.5 Å². The van der Waals surface area contributed by atoms with Crippen LogP contribution in [-0.2, 0) is 0 Å². The Labute approximate surface area is 142 Å². The van der Waals surface area contributed by atoms with Gasteiger partial charge in [0, 0.05) is 11.1 Å². The van der Waals surface area contributed by atoms with Crippen LogP contribution in [0.4, 0.5) is 0 Å². The predicted molar refractivity (Wildman–Crippen MR) is 91.8 cm³/mol. The van der Waals surface area contributed by atoms with Gasteiger partial charge in [-0.3, -0.25) is 9.59 Å². The first kappa shape index (κ1) is 16.1. The average molecular weight is 344 g/mol. The summed E-state index contributed by atoms with van der Waals surface area (Å²) in [5.74, 6) is 0.175. The Morgan fingerprint density at radius 2 is 1.88 bits per heavy atom. The van der Waals surface area contributed by atoms with Crippen molar-refractivity contribution < 1.29 is 13.9 Å². The van der Waals surface area contributed by atoms with E-state index in [4.69, 9.17) is 20.8 Å². The third-order valence-electron chi connectivity index (χ3n) is 3.33. The third-order valence-corrected chi connectivity index (χ3v) is 3.58. The molecule has 2 aromatic carbocycles. The molecule has 0 atom stereocenters. The maximum Gasteiger partial charge on any atom is 0.287 e. The van der Waals surface area contributed by atoms with Crippen LogP contribution in [0.2, 0.25) is 5.02 Å². The highest BCUT2D eigenvalue weighted by molar-refractivity contribution is 6.30. The van der Waals surface area contributed by atoms with Gasteiger partial charge < -0.3 is 14.5 Å². The van der Waals surface area contributed by atoms with Crippen LogP contribution in [0, 0.1) is 0 Å². The number of para-hydroxylation sites is 1. The number of carbonyl (C=O) groups is 1. The molecule has 0 unspecified atom stereocenters. The molecule has 0 saturated carbocycles. The number of nitrogens with one attached hydrogen (secondary N) is 1. The van der Waals surface area contributed by atoms with Crippen LogP contribution in [-0.4, -0.2) is 19.1 Å². The van der Waals surface area contributed by atoms with Gasteiger partial charge in [0.25, 0.3) is 5.91 Å². The Hall–Kier alpha value is -2.79. The fourth-order valence-corrected chi connectivity index (χ4v) is 2.29. The Balaban J connectivity index is 1.59. The summed E-state index contributed by atoms with van der Waals surface area (Å²) >= 11 is 5.79. The van der Waals surface area contributed by atoms with Crippen LogP contribution in [0.5, 0.6) is 5.75 Å². The van der Waals surface area contributed by atoms with Crippen molar-refractivity contribution in [2.24, 2.45) is 0 Å². The summed E-state index contributed by atoms with van der Waals surface area (Å²) in [4.78, 5) is 24.1. The molecule has 1 N–H and O–H groups in total. The monoisotopic (exact) mass is 343 g/mol. The normalized spacial score (nSPS) is 10.5. The number of amides is 1. The van der Waals surface area contributed by atoms with Crippen LogP contribution in [0.25, 0.3) is 11.0 Å². The summed E-state index contributed by atoms with van der Waals surface area (Å²) in [5.41, 5.74) is 0.131. The zero-order valence-electron chi connectivity index (χ0n) is 12.6. The second kappa shape index (κ2) is 7.19. The fraction of sp³-hybridized carbons (Fsp3) is 0.111. The van der Waals surface area contributed by atoms with Crippen LogP contribution >= 0.6 is 11.6 Å². The van der Waals surface area contributed by atoms with E-state index in [-0.39, 0.29) is 24.3 Å². The molecule has 1 aromatic heterocycles. The molecule has 0 radical (unpaired) electrons. The highest BCUT2D eigenvalue weighted by atomic mass is 35.5. The summed E-state index contributed by atoms with van der Waals surface area (Å²) in [6.07, 6.45) is 0. The smallest absolute Gasteiger partial charge is 0.287 e. The Bertz CT molecular complexity index is 918. The van der Waals surface area contributed by atoms with Gasteiger partial charge in [-0.05, 0) is 36.4 Å². The average Bonchev–Trinajstić information content (AvgIpc) is 2.60. The lowest BCUT2D eigenvalue weighted by molar-refractivity contribution is 0.0920. The molecule has 1 amide bonds. The van der Waals surface area contributed by atoms with E-state index in [1.807, 2.05) is 0 Å². The Morgan fingerprint density at radius 3 is 2.67 bits per heavy atom. The first-order valence-corrected chi connectivity index (χ1v) is 7.71. The maximum atomic E-state index is 12.1. The molecule has 122 valence electrons. The molecule has 0 bridgehead atoms. The number of benzene rings is 2. The number of hydrogen-bond acceptors (Lipinski definition) is 4. The maximum absolute atomic E-state index is 12.1. The predicted octanol–water partition coefficient (Wildman–Crippen LogP) is 3.26. The molecule has 1 heterocycles. The Kier molecular flexibility index (Phi) is 4.82. The third kappa shape index (κ3) is 3.75. The van der Waals surface area contributed by atoms with E-state index < -0.39 is 5.91 Å². The molecule has 3 aromatic rings. The fourth-order valence-electron chi connectivity index (χ4n) is 2.17. The van der Waals surface area contributed by atoms with Crippen molar-refractivity contribution in [3.8, 4) is 5.75 Å². The van der Waals surface area contributed by atoms with Gasteiger partial charge in [-0.2, -0.15) is 0 Å². The first-order valence-electron chi connectivity index (χ1n) is 7.33. The van der Waals surface area contributed by atoms with E-state index in [9.17, 15) is 9.59 Å². The highest BCUT2D eigenvalue weighted by Crippen LogP contribution is 2.15. The summed E-state index contributed by atoms with van der Waals surface area (Å²) in [7, 11) is 0. The molecule has 3 rings (SSSR count). The first-order chi connectivity index (χ1) is 11.6.